The van der Waals surface area contributed by atoms with E-state index in [2.05, 4.69) is 45.2 Å². The van der Waals surface area contributed by atoms with Gasteiger partial charge in [0.15, 0.2) is 4.80 Å². The summed E-state index contributed by atoms with van der Waals surface area (Å²) in [5.41, 5.74) is 2.54. The SMILES string of the molecule is CCN(CC)C(=O)C1=C(C)N=c2s/c(=C/c3cc(I)cc(I)c3OCc3ccccc3F)c(=O)n2[C@H]1c1ccccc1OC. The van der Waals surface area contributed by atoms with E-state index in [4.69, 9.17) is 14.5 Å². The van der Waals surface area contributed by atoms with Crippen LogP contribution in [0.3, 0.4) is 0 Å². The fraction of sp³-hybridized carbons (Fsp3) is 0.242. The van der Waals surface area contributed by atoms with E-state index in [1.54, 1.807) is 40.9 Å². The minimum Gasteiger partial charge on any atom is -0.496 e. The van der Waals surface area contributed by atoms with Gasteiger partial charge in [-0.15, -0.1) is 0 Å². The van der Waals surface area contributed by atoms with E-state index < -0.39 is 6.04 Å². The van der Waals surface area contributed by atoms with Gasteiger partial charge in [-0.25, -0.2) is 9.38 Å². The monoisotopic (exact) mass is 837 g/mol. The first kappa shape index (κ1) is 32.4. The van der Waals surface area contributed by atoms with Crippen molar-refractivity contribution in [3.8, 4) is 11.5 Å². The number of para-hydroxylation sites is 1. The fourth-order valence-corrected chi connectivity index (χ4v) is 8.29. The molecule has 5 rings (SSSR count). The zero-order valence-corrected chi connectivity index (χ0v) is 29.7. The Morgan fingerprint density at radius 3 is 2.52 bits per heavy atom. The molecule has 44 heavy (non-hydrogen) atoms. The van der Waals surface area contributed by atoms with Crippen molar-refractivity contribution in [1.82, 2.24) is 9.47 Å². The Bertz CT molecular complexity index is 1950. The van der Waals surface area contributed by atoms with Crippen LogP contribution in [0.5, 0.6) is 11.5 Å². The van der Waals surface area contributed by atoms with Gasteiger partial charge in [0.25, 0.3) is 11.5 Å². The number of methoxy groups -OCH3 is 1. The highest BCUT2D eigenvalue weighted by Crippen LogP contribution is 2.36. The topological polar surface area (TPSA) is 73.1 Å². The van der Waals surface area contributed by atoms with E-state index >= 15 is 0 Å². The van der Waals surface area contributed by atoms with Crippen molar-refractivity contribution in [3.63, 3.8) is 0 Å². The van der Waals surface area contributed by atoms with E-state index in [9.17, 15) is 14.0 Å². The van der Waals surface area contributed by atoms with Crippen molar-refractivity contribution in [2.45, 2.75) is 33.4 Å². The molecule has 1 aliphatic rings. The lowest BCUT2D eigenvalue weighted by Gasteiger charge is -2.29. The summed E-state index contributed by atoms with van der Waals surface area (Å²) in [5, 5.41) is 0. The summed E-state index contributed by atoms with van der Waals surface area (Å²) in [6.07, 6.45) is 1.79. The molecule has 0 bridgehead atoms. The van der Waals surface area contributed by atoms with E-state index in [0.29, 0.717) is 61.9 Å². The van der Waals surface area contributed by atoms with Crippen LogP contribution in [0.1, 0.15) is 43.5 Å². The maximum absolute atomic E-state index is 14.4. The number of allylic oxidation sites excluding steroid dienone is 1. The van der Waals surface area contributed by atoms with Gasteiger partial charge < -0.3 is 14.4 Å². The summed E-state index contributed by atoms with van der Waals surface area (Å²) in [5.74, 6) is 0.611. The summed E-state index contributed by atoms with van der Waals surface area (Å²) in [7, 11) is 1.58. The van der Waals surface area contributed by atoms with Gasteiger partial charge in [-0.05, 0) is 96.3 Å². The second-order valence-corrected chi connectivity index (χ2v) is 13.4. The number of rotatable bonds is 9. The zero-order valence-electron chi connectivity index (χ0n) is 24.6. The van der Waals surface area contributed by atoms with Crippen LogP contribution in [-0.4, -0.2) is 35.6 Å². The first-order valence-electron chi connectivity index (χ1n) is 14.0. The lowest BCUT2D eigenvalue weighted by atomic mass is 9.94. The summed E-state index contributed by atoms with van der Waals surface area (Å²) < 4.78 is 30.0. The molecule has 0 unspecified atom stereocenters. The van der Waals surface area contributed by atoms with Crippen LogP contribution in [-0.2, 0) is 11.4 Å². The highest BCUT2D eigenvalue weighted by Gasteiger charge is 2.35. The van der Waals surface area contributed by atoms with E-state index in [-0.39, 0.29) is 23.9 Å². The molecule has 228 valence electrons. The van der Waals surface area contributed by atoms with Gasteiger partial charge >= 0.3 is 0 Å². The molecule has 2 heterocycles. The van der Waals surface area contributed by atoms with Crippen LogP contribution < -0.4 is 24.4 Å². The molecule has 11 heteroatoms. The molecule has 0 saturated heterocycles. The molecule has 0 N–H and O–H groups in total. The number of ether oxygens (including phenoxy) is 2. The molecule has 0 fully saturated rings. The quantitative estimate of drug-likeness (QED) is 0.193. The highest BCUT2D eigenvalue weighted by molar-refractivity contribution is 14.1. The number of thiazole rings is 1. The molecule has 1 atom stereocenters. The molecule has 0 saturated carbocycles. The lowest BCUT2D eigenvalue weighted by Crippen LogP contribution is -2.43. The predicted octanol–water partition coefficient (Wildman–Crippen LogP) is 6.04. The van der Waals surface area contributed by atoms with Crippen LogP contribution >= 0.6 is 56.5 Å². The maximum Gasteiger partial charge on any atom is 0.271 e. The first-order chi connectivity index (χ1) is 21.2. The third-order valence-electron chi connectivity index (χ3n) is 7.39. The Labute approximate surface area is 286 Å². The number of fused-ring (bicyclic) bond motifs is 1. The second kappa shape index (κ2) is 13.9. The first-order valence-corrected chi connectivity index (χ1v) is 17.0. The fourth-order valence-electron chi connectivity index (χ4n) is 5.21. The van der Waals surface area contributed by atoms with Gasteiger partial charge in [0.2, 0.25) is 0 Å². The Balaban J connectivity index is 1.69. The lowest BCUT2D eigenvalue weighted by molar-refractivity contribution is -0.127. The second-order valence-electron chi connectivity index (χ2n) is 9.99. The maximum atomic E-state index is 14.4. The minimum absolute atomic E-state index is 0.0369. The third kappa shape index (κ3) is 6.36. The number of amides is 1. The average Bonchev–Trinajstić information content (AvgIpc) is 3.31. The van der Waals surface area contributed by atoms with Gasteiger partial charge in [-0.1, -0.05) is 47.7 Å². The molecule has 0 spiro atoms. The predicted molar refractivity (Wildman–Crippen MR) is 187 cm³/mol. The Morgan fingerprint density at radius 2 is 1.82 bits per heavy atom. The van der Waals surface area contributed by atoms with Crippen molar-refractivity contribution >= 4 is 68.5 Å². The minimum atomic E-state index is -0.731. The molecular weight excluding hydrogens is 807 g/mol. The van der Waals surface area contributed by atoms with Crippen molar-refractivity contribution in [2.75, 3.05) is 20.2 Å². The van der Waals surface area contributed by atoms with Crippen molar-refractivity contribution < 1.29 is 18.7 Å². The van der Waals surface area contributed by atoms with E-state index in [1.807, 2.05) is 57.2 Å². The number of likely N-dealkylation sites (N-methyl/N-ethyl adjacent to an activating group) is 1. The van der Waals surface area contributed by atoms with Crippen molar-refractivity contribution in [3.05, 3.63) is 121 Å². The Kier molecular flexibility index (Phi) is 10.3. The molecule has 7 nitrogen and oxygen atoms in total. The molecule has 1 aliphatic heterocycles. The van der Waals surface area contributed by atoms with Gasteiger partial charge in [0.05, 0.1) is 26.5 Å². The molecule has 0 radical (unpaired) electrons. The van der Waals surface area contributed by atoms with Crippen molar-refractivity contribution in [1.29, 1.82) is 0 Å². The van der Waals surface area contributed by atoms with Crippen LogP contribution in [0.2, 0.25) is 0 Å². The molecule has 1 aromatic heterocycles. The van der Waals surface area contributed by atoms with E-state index in [1.165, 1.54) is 17.4 Å². The van der Waals surface area contributed by atoms with Gasteiger partial charge in [-0.3, -0.25) is 14.2 Å². The van der Waals surface area contributed by atoms with Crippen LogP contribution in [0, 0.1) is 13.0 Å². The molecule has 0 aliphatic carbocycles. The number of nitrogens with zero attached hydrogens (tertiary/aromatic N) is 3. The number of carbonyl (C=O) groups excluding carboxylic acids is 1. The number of aromatic nitrogens is 1. The average molecular weight is 837 g/mol. The molecule has 1 amide bonds. The number of carbonyl (C=O) groups is 1. The number of halogens is 3. The number of benzene rings is 3. The van der Waals surface area contributed by atoms with Gasteiger partial charge in [0.1, 0.15) is 30.0 Å². The zero-order chi connectivity index (χ0) is 31.5. The number of hydrogen-bond donors (Lipinski definition) is 0. The summed E-state index contributed by atoms with van der Waals surface area (Å²) in [6.45, 7) is 6.76. The summed E-state index contributed by atoms with van der Waals surface area (Å²) in [4.78, 5) is 35.2. The smallest absolute Gasteiger partial charge is 0.271 e. The van der Waals surface area contributed by atoms with Crippen LogP contribution in [0.15, 0.2) is 81.7 Å². The van der Waals surface area contributed by atoms with Gasteiger partial charge in [0, 0.05) is 33.4 Å². The van der Waals surface area contributed by atoms with Gasteiger partial charge in [-0.2, -0.15) is 0 Å². The highest BCUT2D eigenvalue weighted by atomic mass is 127. The van der Waals surface area contributed by atoms with Crippen molar-refractivity contribution in [2.24, 2.45) is 4.99 Å². The molecule has 4 aromatic rings. The summed E-state index contributed by atoms with van der Waals surface area (Å²) >= 11 is 5.67. The van der Waals surface area contributed by atoms with E-state index in [0.717, 1.165) is 7.14 Å². The Morgan fingerprint density at radius 1 is 1.11 bits per heavy atom. The standard InChI is InChI=1S/C33H30FI2N3O4S/c1-5-38(6-2)32(41)28-19(3)37-33-39(29(28)23-12-8-10-14-26(23)42-4)31(40)27(44-33)16-21-15-22(35)17-25(36)30(21)43-18-20-11-7-9-13-24(20)34/h7-17,29H,5-6,18H2,1-4H3/b27-16+/t29-/m0/s1. The summed E-state index contributed by atoms with van der Waals surface area (Å²) in [6, 6.07) is 17.1. The third-order valence-corrected chi connectivity index (χ3v) is 9.80. The Hall–Kier alpha value is -3.04. The normalized spacial score (nSPS) is 14.7. The largest absolute Gasteiger partial charge is 0.496 e. The molecular formula is C33H30FI2N3O4S. The van der Waals surface area contributed by atoms with Crippen LogP contribution in [0.4, 0.5) is 4.39 Å². The molecule has 3 aromatic carbocycles. The number of hydrogen-bond acceptors (Lipinski definition) is 6. The van der Waals surface area contributed by atoms with Crippen LogP contribution in [0.25, 0.3) is 6.08 Å².